The van der Waals surface area contributed by atoms with Gasteiger partial charge < -0.3 is 11.1 Å². The minimum Gasteiger partial charge on any atom is -0.399 e. The molecule has 0 saturated carbocycles. The van der Waals surface area contributed by atoms with E-state index in [-0.39, 0.29) is 17.0 Å². The maximum Gasteiger partial charge on any atom is 0.237 e. The Labute approximate surface area is 121 Å². The van der Waals surface area contributed by atoms with E-state index in [0.29, 0.717) is 11.4 Å². The average molecular weight is 290 g/mol. The van der Waals surface area contributed by atoms with Crippen molar-refractivity contribution in [3.63, 3.8) is 0 Å². The first-order valence-electron chi connectivity index (χ1n) is 6.13. The van der Waals surface area contributed by atoms with Gasteiger partial charge in [0.05, 0.1) is 5.25 Å². The second kappa shape index (κ2) is 6.43. The smallest absolute Gasteiger partial charge is 0.237 e. The molecule has 0 saturated heterocycles. The van der Waals surface area contributed by atoms with Crippen LogP contribution in [0.15, 0.2) is 53.4 Å². The summed E-state index contributed by atoms with van der Waals surface area (Å²) < 4.78 is 12.8. The number of amides is 1. The van der Waals surface area contributed by atoms with Gasteiger partial charge in [0.25, 0.3) is 0 Å². The summed E-state index contributed by atoms with van der Waals surface area (Å²) in [5, 5.41) is 2.51. The largest absolute Gasteiger partial charge is 0.399 e. The van der Waals surface area contributed by atoms with Crippen LogP contribution in [0, 0.1) is 5.82 Å². The van der Waals surface area contributed by atoms with E-state index < -0.39 is 0 Å². The van der Waals surface area contributed by atoms with Gasteiger partial charge in [0.2, 0.25) is 5.91 Å². The van der Waals surface area contributed by atoms with Gasteiger partial charge in [-0.3, -0.25) is 4.79 Å². The Morgan fingerprint density at radius 1 is 1.25 bits per heavy atom. The third-order valence-electron chi connectivity index (χ3n) is 2.65. The van der Waals surface area contributed by atoms with Crippen LogP contribution in [0.3, 0.4) is 0 Å². The van der Waals surface area contributed by atoms with Gasteiger partial charge in [-0.2, -0.15) is 0 Å². The number of hydrogen-bond donors (Lipinski definition) is 2. The number of hydrogen-bond acceptors (Lipinski definition) is 3. The Hall–Kier alpha value is -2.01. The minimum atomic E-state index is -0.290. The second-order valence-corrected chi connectivity index (χ2v) is 5.74. The number of nitrogen functional groups attached to an aromatic ring is 1. The van der Waals surface area contributed by atoms with Crippen molar-refractivity contribution in [3.05, 3.63) is 54.3 Å². The molecule has 20 heavy (non-hydrogen) atoms. The fraction of sp³-hybridized carbons (Fsp3) is 0.133. The first kappa shape index (κ1) is 14.4. The number of carbonyl (C=O) groups excluding carboxylic acids is 1. The fourth-order valence-electron chi connectivity index (χ4n) is 1.63. The average Bonchev–Trinajstić information content (AvgIpc) is 2.41. The Balaban J connectivity index is 1.96. The molecule has 1 unspecified atom stereocenters. The summed E-state index contributed by atoms with van der Waals surface area (Å²) in [4.78, 5) is 12.9. The van der Waals surface area contributed by atoms with Crippen LogP contribution in [0.5, 0.6) is 0 Å². The predicted molar refractivity (Wildman–Crippen MR) is 81.2 cm³/mol. The Kier molecular flexibility index (Phi) is 4.63. The van der Waals surface area contributed by atoms with Gasteiger partial charge in [-0.15, -0.1) is 11.8 Å². The van der Waals surface area contributed by atoms with Crippen molar-refractivity contribution in [1.29, 1.82) is 0 Å². The minimum absolute atomic E-state index is 0.120. The van der Waals surface area contributed by atoms with E-state index in [1.165, 1.54) is 23.9 Å². The lowest BCUT2D eigenvalue weighted by atomic mass is 10.3. The third-order valence-corrected chi connectivity index (χ3v) is 3.76. The SMILES string of the molecule is CC(Sc1ccc(F)cc1)C(=O)Nc1cccc(N)c1. The van der Waals surface area contributed by atoms with Crippen molar-refractivity contribution in [3.8, 4) is 0 Å². The zero-order valence-corrected chi connectivity index (χ0v) is 11.8. The monoisotopic (exact) mass is 290 g/mol. The molecule has 1 amide bonds. The van der Waals surface area contributed by atoms with Crippen LogP contribution in [0.4, 0.5) is 15.8 Å². The number of benzene rings is 2. The summed E-state index contributed by atoms with van der Waals surface area (Å²) in [5.74, 6) is -0.406. The molecule has 0 aliphatic carbocycles. The van der Waals surface area contributed by atoms with Crippen LogP contribution in [0.25, 0.3) is 0 Å². The van der Waals surface area contributed by atoms with Gasteiger partial charge >= 0.3 is 0 Å². The highest BCUT2D eigenvalue weighted by atomic mass is 32.2. The number of halogens is 1. The summed E-state index contributed by atoms with van der Waals surface area (Å²) in [6, 6.07) is 13.1. The molecule has 0 fully saturated rings. The molecule has 3 N–H and O–H groups in total. The molecular weight excluding hydrogens is 275 g/mol. The van der Waals surface area contributed by atoms with E-state index in [1.807, 2.05) is 0 Å². The Morgan fingerprint density at radius 3 is 2.60 bits per heavy atom. The van der Waals surface area contributed by atoms with Crippen LogP contribution < -0.4 is 11.1 Å². The molecule has 0 aliphatic heterocycles. The number of rotatable bonds is 4. The van der Waals surface area contributed by atoms with Crippen LogP contribution in [-0.4, -0.2) is 11.2 Å². The molecule has 0 aromatic heterocycles. The van der Waals surface area contributed by atoms with Gasteiger partial charge in [-0.25, -0.2) is 4.39 Å². The molecule has 2 aromatic rings. The lowest BCUT2D eigenvalue weighted by Gasteiger charge is -2.12. The number of thioether (sulfide) groups is 1. The number of carbonyl (C=O) groups is 1. The summed E-state index contributed by atoms with van der Waals surface area (Å²) in [5.41, 5.74) is 6.92. The zero-order chi connectivity index (χ0) is 14.5. The van der Waals surface area contributed by atoms with E-state index in [0.717, 1.165) is 4.90 Å². The van der Waals surface area contributed by atoms with E-state index in [1.54, 1.807) is 43.3 Å². The van der Waals surface area contributed by atoms with Crippen LogP contribution in [-0.2, 0) is 4.79 Å². The molecular formula is C15H15FN2OS. The van der Waals surface area contributed by atoms with Gasteiger partial charge in [-0.1, -0.05) is 6.07 Å². The first-order valence-corrected chi connectivity index (χ1v) is 7.01. The van der Waals surface area contributed by atoms with Gasteiger partial charge in [0.15, 0.2) is 0 Å². The number of nitrogens with two attached hydrogens (primary N) is 1. The zero-order valence-electron chi connectivity index (χ0n) is 11.0. The Bertz CT molecular complexity index is 601. The molecule has 0 bridgehead atoms. The maximum absolute atomic E-state index is 12.8. The normalized spacial score (nSPS) is 11.9. The second-order valence-electron chi connectivity index (χ2n) is 4.33. The maximum atomic E-state index is 12.8. The third kappa shape index (κ3) is 3.99. The van der Waals surface area contributed by atoms with Gasteiger partial charge in [0, 0.05) is 16.3 Å². The van der Waals surface area contributed by atoms with E-state index in [9.17, 15) is 9.18 Å². The number of anilines is 2. The molecule has 1 atom stereocenters. The van der Waals surface area contributed by atoms with Crippen LogP contribution in [0.2, 0.25) is 0 Å². The lowest BCUT2D eigenvalue weighted by molar-refractivity contribution is -0.115. The highest BCUT2D eigenvalue weighted by Gasteiger charge is 2.14. The van der Waals surface area contributed by atoms with Crippen molar-refractivity contribution in [1.82, 2.24) is 0 Å². The summed E-state index contributed by atoms with van der Waals surface area (Å²) >= 11 is 1.37. The van der Waals surface area contributed by atoms with Gasteiger partial charge in [0.1, 0.15) is 5.82 Å². The topological polar surface area (TPSA) is 55.1 Å². The predicted octanol–water partition coefficient (Wildman–Crippen LogP) is 3.53. The molecule has 0 heterocycles. The van der Waals surface area contributed by atoms with E-state index >= 15 is 0 Å². The van der Waals surface area contributed by atoms with Crippen molar-refractivity contribution in [2.24, 2.45) is 0 Å². The number of nitrogens with one attached hydrogen (secondary N) is 1. The highest BCUT2D eigenvalue weighted by Crippen LogP contribution is 2.24. The van der Waals surface area contributed by atoms with E-state index in [2.05, 4.69) is 5.32 Å². The Morgan fingerprint density at radius 2 is 1.95 bits per heavy atom. The summed E-state index contributed by atoms with van der Waals surface area (Å²) in [7, 11) is 0. The van der Waals surface area contributed by atoms with Crippen molar-refractivity contribution < 1.29 is 9.18 Å². The van der Waals surface area contributed by atoms with E-state index in [4.69, 9.17) is 5.73 Å². The van der Waals surface area contributed by atoms with Crippen LogP contribution >= 0.6 is 11.8 Å². The standard InChI is InChI=1S/C15H15FN2OS/c1-10(20-14-7-5-11(16)6-8-14)15(19)18-13-4-2-3-12(17)9-13/h2-10H,17H2,1H3,(H,18,19). The fourth-order valence-corrected chi connectivity index (χ4v) is 2.50. The molecule has 2 rings (SSSR count). The molecule has 0 radical (unpaired) electrons. The summed E-state index contributed by atoms with van der Waals surface area (Å²) in [6.07, 6.45) is 0. The van der Waals surface area contributed by atoms with Crippen LogP contribution in [0.1, 0.15) is 6.92 Å². The quantitative estimate of drug-likeness (QED) is 0.669. The first-order chi connectivity index (χ1) is 9.54. The van der Waals surface area contributed by atoms with Crippen molar-refractivity contribution in [2.75, 3.05) is 11.1 Å². The van der Waals surface area contributed by atoms with Gasteiger partial charge in [-0.05, 0) is 49.4 Å². The molecule has 2 aromatic carbocycles. The highest BCUT2D eigenvalue weighted by molar-refractivity contribution is 8.00. The molecule has 3 nitrogen and oxygen atoms in total. The van der Waals surface area contributed by atoms with Crippen molar-refractivity contribution >= 4 is 29.0 Å². The van der Waals surface area contributed by atoms with Crippen molar-refractivity contribution in [2.45, 2.75) is 17.1 Å². The lowest BCUT2D eigenvalue weighted by Crippen LogP contribution is -2.22. The molecule has 104 valence electrons. The molecule has 5 heteroatoms. The molecule has 0 aliphatic rings. The summed E-state index contributed by atoms with van der Waals surface area (Å²) in [6.45, 7) is 1.80. The molecule has 0 spiro atoms.